The SMILES string of the molecule is COc1cc(/C=C/C(=O)O[C@H](C)C(=O)c2ccc(C)cc2)cc(OC)c1OC. The van der Waals surface area contributed by atoms with Crippen molar-refractivity contribution < 1.29 is 28.5 Å². The van der Waals surface area contributed by atoms with E-state index in [9.17, 15) is 9.59 Å². The molecule has 28 heavy (non-hydrogen) atoms. The summed E-state index contributed by atoms with van der Waals surface area (Å²) in [5.74, 6) is 0.522. The van der Waals surface area contributed by atoms with Crippen LogP contribution in [0.1, 0.15) is 28.4 Å². The zero-order valence-corrected chi connectivity index (χ0v) is 16.6. The number of esters is 1. The first-order valence-corrected chi connectivity index (χ1v) is 8.69. The highest BCUT2D eigenvalue weighted by atomic mass is 16.5. The van der Waals surface area contributed by atoms with Crippen molar-refractivity contribution in [2.75, 3.05) is 21.3 Å². The molecule has 0 radical (unpaired) electrons. The molecule has 1 atom stereocenters. The van der Waals surface area contributed by atoms with Crippen LogP contribution in [0.15, 0.2) is 42.5 Å². The summed E-state index contributed by atoms with van der Waals surface area (Å²) in [6.45, 7) is 3.49. The smallest absolute Gasteiger partial charge is 0.331 e. The maximum atomic E-state index is 12.4. The fourth-order valence-electron chi connectivity index (χ4n) is 2.58. The van der Waals surface area contributed by atoms with Gasteiger partial charge in [0.1, 0.15) is 0 Å². The van der Waals surface area contributed by atoms with Gasteiger partial charge in [-0.05, 0) is 37.6 Å². The van der Waals surface area contributed by atoms with Crippen LogP contribution in [0.2, 0.25) is 0 Å². The molecule has 0 aliphatic heterocycles. The van der Waals surface area contributed by atoms with Gasteiger partial charge in [0.05, 0.1) is 21.3 Å². The maximum Gasteiger partial charge on any atom is 0.331 e. The second-order valence-electron chi connectivity index (χ2n) is 6.10. The van der Waals surface area contributed by atoms with Crippen LogP contribution >= 0.6 is 0 Å². The minimum Gasteiger partial charge on any atom is -0.493 e. The van der Waals surface area contributed by atoms with Crippen LogP contribution in [0.5, 0.6) is 17.2 Å². The first-order valence-electron chi connectivity index (χ1n) is 8.69. The number of ketones is 1. The summed E-state index contributed by atoms with van der Waals surface area (Å²) in [6, 6.07) is 10.5. The minimum atomic E-state index is -0.889. The van der Waals surface area contributed by atoms with Crippen LogP contribution in [-0.4, -0.2) is 39.2 Å². The Bertz CT molecular complexity index is 842. The molecule has 2 aromatic rings. The Morgan fingerprint density at radius 1 is 0.929 bits per heavy atom. The van der Waals surface area contributed by atoms with Crippen molar-refractivity contribution in [3.63, 3.8) is 0 Å². The Kier molecular flexibility index (Phi) is 7.21. The highest BCUT2D eigenvalue weighted by molar-refractivity contribution is 6.01. The average Bonchev–Trinajstić information content (AvgIpc) is 2.71. The number of carbonyl (C=O) groups excluding carboxylic acids is 2. The van der Waals surface area contributed by atoms with Crippen molar-refractivity contribution in [3.8, 4) is 17.2 Å². The minimum absolute atomic E-state index is 0.255. The summed E-state index contributed by atoms with van der Waals surface area (Å²) in [5.41, 5.74) is 2.21. The van der Waals surface area contributed by atoms with Gasteiger partial charge in [-0.25, -0.2) is 4.79 Å². The second-order valence-corrected chi connectivity index (χ2v) is 6.10. The van der Waals surface area contributed by atoms with E-state index >= 15 is 0 Å². The number of carbonyl (C=O) groups is 2. The van der Waals surface area contributed by atoms with Crippen LogP contribution in [0, 0.1) is 6.92 Å². The zero-order chi connectivity index (χ0) is 20.7. The molecule has 0 saturated carbocycles. The maximum absolute atomic E-state index is 12.4. The second kappa shape index (κ2) is 9.60. The summed E-state index contributed by atoms with van der Waals surface area (Å²) >= 11 is 0. The van der Waals surface area contributed by atoms with E-state index in [-0.39, 0.29) is 5.78 Å². The van der Waals surface area contributed by atoms with E-state index in [1.165, 1.54) is 27.4 Å². The summed E-state index contributed by atoms with van der Waals surface area (Å²) < 4.78 is 21.0. The largest absolute Gasteiger partial charge is 0.493 e. The number of rotatable bonds is 8. The van der Waals surface area contributed by atoms with Gasteiger partial charge < -0.3 is 18.9 Å². The molecule has 0 fully saturated rings. The van der Waals surface area contributed by atoms with Gasteiger partial charge in [0.25, 0.3) is 0 Å². The third kappa shape index (κ3) is 5.13. The number of hydrogen-bond acceptors (Lipinski definition) is 6. The quantitative estimate of drug-likeness (QED) is 0.391. The molecule has 0 amide bonds. The van der Waals surface area contributed by atoms with E-state index in [2.05, 4.69) is 0 Å². The van der Waals surface area contributed by atoms with E-state index in [0.717, 1.165) is 5.56 Å². The molecule has 0 unspecified atom stereocenters. The van der Waals surface area contributed by atoms with E-state index in [0.29, 0.717) is 28.4 Å². The van der Waals surface area contributed by atoms with E-state index in [1.54, 1.807) is 37.3 Å². The average molecular weight is 384 g/mol. The normalized spacial score (nSPS) is 11.8. The monoisotopic (exact) mass is 384 g/mol. The highest BCUT2D eigenvalue weighted by Crippen LogP contribution is 2.38. The highest BCUT2D eigenvalue weighted by Gasteiger charge is 2.18. The van der Waals surface area contributed by atoms with Crippen molar-refractivity contribution in [2.45, 2.75) is 20.0 Å². The molecule has 0 saturated heterocycles. The van der Waals surface area contributed by atoms with Gasteiger partial charge in [0.15, 0.2) is 17.6 Å². The number of methoxy groups -OCH3 is 3. The third-order valence-electron chi connectivity index (χ3n) is 4.10. The predicted molar refractivity (Wildman–Crippen MR) is 106 cm³/mol. The number of hydrogen-bond donors (Lipinski definition) is 0. The molecule has 0 aliphatic rings. The van der Waals surface area contributed by atoms with E-state index < -0.39 is 12.1 Å². The lowest BCUT2D eigenvalue weighted by molar-refractivity contribution is -0.140. The first-order chi connectivity index (χ1) is 13.4. The Morgan fingerprint density at radius 3 is 2.00 bits per heavy atom. The Balaban J connectivity index is 2.08. The predicted octanol–water partition coefficient (Wildman–Crippen LogP) is 3.85. The number of Topliss-reactive ketones (excluding diaryl/α,β-unsaturated/α-hetero) is 1. The fourth-order valence-corrected chi connectivity index (χ4v) is 2.58. The van der Waals surface area contributed by atoms with Crippen LogP contribution in [0.25, 0.3) is 6.08 Å². The summed E-state index contributed by atoms with van der Waals surface area (Å²) in [7, 11) is 4.54. The molecule has 0 aliphatic carbocycles. The van der Waals surface area contributed by atoms with Crippen LogP contribution < -0.4 is 14.2 Å². The van der Waals surface area contributed by atoms with Gasteiger partial charge in [-0.2, -0.15) is 0 Å². The topological polar surface area (TPSA) is 71.1 Å². The zero-order valence-electron chi connectivity index (χ0n) is 16.6. The molecule has 0 N–H and O–H groups in total. The molecule has 0 aromatic heterocycles. The molecule has 0 heterocycles. The molecule has 6 nitrogen and oxygen atoms in total. The molecule has 2 rings (SSSR count). The number of ether oxygens (including phenoxy) is 4. The molecule has 6 heteroatoms. The van der Waals surface area contributed by atoms with Crippen molar-refractivity contribution in [1.29, 1.82) is 0 Å². The van der Waals surface area contributed by atoms with Crippen molar-refractivity contribution >= 4 is 17.8 Å². The van der Waals surface area contributed by atoms with Gasteiger partial charge >= 0.3 is 5.97 Å². The van der Waals surface area contributed by atoms with Crippen LogP contribution in [0.3, 0.4) is 0 Å². The Labute approximate surface area is 164 Å². The number of aryl methyl sites for hydroxylation is 1. The van der Waals surface area contributed by atoms with Gasteiger partial charge in [0.2, 0.25) is 11.5 Å². The fraction of sp³-hybridized carbons (Fsp3) is 0.273. The summed E-state index contributed by atoms with van der Waals surface area (Å²) in [4.78, 5) is 24.5. The Morgan fingerprint density at radius 2 is 1.50 bits per heavy atom. The lowest BCUT2D eigenvalue weighted by Crippen LogP contribution is -2.23. The molecule has 0 bridgehead atoms. The third-order valence-corrected chi connectivity index (χ3v) is 4.10. The summed E-state index contributed by atoms with van der Waals surface area (Å²) in [5, 5.41) is 0. The van der Waals surface area contributed by atoms with E-state index in [4.69, 9.17) is 18.9 Å². The van der Waals surface area contributed by atoms with Crippen molar-refractivity contribution in [3.05, 3.63) is 59.2 Å². The van der Waals surface area contributed by atoms with Crippen LogP contribution in [0.4, 0.5) is 0 Å². The lowest BCUT2D eigenvalue weighted by Gasteiger charge is -2.13. The van der Waals surface area contributed by atoms with E-state index in [1.807, 2.05) is 19.1 Å². The molecule has 148 valence electrons. The standard InChI is InChI=1S/C22H24O6/c1-14-6-9-17(10-7-14)21(24)15(2)28-20(23)11-8-16-12-18(25-3)22(27-5)19(13-16)26-4/h6-13,15H,1-5H3/b11-8+/t15-/m1/s1. The first kappa shape index (κ1) is 21.0. The molecular weight excluding hydrogens is 360 g/mol. The van der Waals surface area contributed by atoms with Gasteiger partial charge in [-0.3, -0.25) is 4.79 Å². The van der Waals surface area contributed by atoms with Gasteiger partial charge in [-0.1, -0.05) is 29.8 Å². The molecule has 0 spiro atoms. The lowest BCUT2D eigenvalue weighted by atomic mass is 10.1. The molecular formula is C22H24O6. The Hall–Kier alpha value is -3.28. The van der Waals surface area contributed by atoms with Crippen molar-refractivity contribution in [2.24, 2.45) is 0 Å². The molecule has 2 aromatic carbocycles. The van der Waals surface area contributed by atoms with Crippen LogP contribution in [-0.2, 0) is 9.53 Å². The van der Waals surface area contributed by atoms with Gasteiger partial charge in [0, 0.05) is 11.6 Å². The van der Waals surface area contributed by atoms with Crippen molar-refractivity contribution in [1.82, 2.24) is 0 Å². The number of benzene rings is 2. The van der Waals surface area contributed by atoms with Gasteiger partial charge in [-0.15, -0.1) is 0 Å². The summed E-state index contributed by atoms with van der Waals surface area (Å²) in [6.07, 6.45) is 1.91.